The van der Waals surface area contributed by atoms with Gasteiger partial charge in [0.1, 0.15) is 11.6 Å². The molecule has 0 aliphatic carbocycles. The van der Waals surface area contributed by atoms with Crippen LogP contribution in [0.1, 0.15) is 12.8 Å². The van der Waals surface area contributed by atoms with Gasteiger partial charge in [-0.05, 0) is 53.8 Å². The maximum atomic E-state index is 11.9. The number of hydrogen-bond donors (Lipinski definition) is 3. The number of aromatic nitrogens is 2. The molecule has 1 fully saturated rings. The fourth-order valence-corrected chi connectivity index (χ4v) is 3.33. The molecule has 0 atom stereocenters. The van der Waals surface area contributed by atoms with Crippen LogP contribution in [0, 0.1) is 5.92 Å². The van der Waals surface area contributed by atoms with Crippen LogP contribution in [0.25, 0.3) is 0 Å². The number of amides is 2. The second-order valence-electron chi connectivity index (χ2n) is 5.43. The van der Waals surface area contributed by atoms with Crippen molar-refractivity contribution in [3.63, 3.8) is 0 Å². The van der Waals surface area contributed by atoms with E-state index in [0.717, 1.165) is 25.9 Å². The van der Waals surface area contributed by atoms with Crippen LogP contribution in [0.3, 0.4) is 0 Å². The molecule has 0 spiro atoms. The molecule has 7 nitrogen and oxygen atoms in total. The van der Waals surface area contributed by atoms with E-state index < -0.39 is 6.03 Å². The van der Waals surface area contributed by atoms with Crippen molar-refractivity contribution in [1.29, 1.82) is 0 Å². The van der Waals surface area contributed by atoms with E-state index in [2.05, 4.69) is 41.8 Å². The first-order chi connectivity index (χ1) is 11.7. The molecular formula is C15H18BrN5O2S. The van der Waals surface area contributed by atoms with Crippen molar-refractivity contribution < 1.29 is 9.53 Å². The van der Waals surface area contributed by atoms with Gasteiger partial charge in [0.25, 0.3) is 0 Å². The molecule has 2 aromatic heterocycles. The van der Waals surface area contributed by atoms with Crippen molar-refractivity contribution in [2.75, 3.05) is 30.3 Å². The maximum absolute atomic E-state index is 11.9. The predicted molar refractivity (Wildman–Crippen MR) is 97.8 cm³/mol. The number of halogens is 1. The summed E-state index contributed by atoms with van der Waals surface area (Å²) >= 11 is 4.65. The summed E-state index contributed by atoms with van der Waals surface area (Å²) in [6.07, 6.45) is 2.23. The topological polar surface area (TPSA) is 88.2 Å². The fourth-order valence-electron chi connectivity index (χ4n) is 2.39. The molecule has 1 saturated heterocycles. The number of pyridine rings is 1. The molecule has 0 aromatic carbocycles. The highest BCUT2D eigenvalue weighted by Crippen LogP contribution is 2.20. The number of ether oxygens (including phenoxy) is 1. The molecule has 0 bridgehead atoms. The van der Waals surface area contributed by atoms with Crippen LogP contribution in [0.5, 0.6) is 5.88 Å². The second kappa shape index (κ2) is 8.41. The summed E-state index contributed by atoms with van der Waals surface area (Å²) in [5.74, 6) is 1.99. The highest BCUT2D eigenvalue weighted by atomic mass is 79.9. The van der Waals surface area contributed by atoms with E-state index in [4.69, 9.17) is 4.74 Å². The van der Waals surface area contributed by atoms with Crippen LogP contribution in [-0.2, 0) is 0 Å². The Bertz CT molecular complexity index is 690. The normalized spacial score (nSPS) is 15.0. The third-order valence-electron chi connectivity index (χ3n) is 3.61. The van der Waals surface area contributed by atoms with Crippen molar-refractivity contribution in [3.05, 3.63) is 27.5 Å². The number of urea groups is 1. The number of piperidine rings is 1. The standard InChI is InChI=1S/C15H18BrN5O2S/c16-14-19-12(9-24-14)21-15(22)20-11-2-1-3-13(18-11)23-8-10-4-6-17-7-5-10/h1-3,9-10,17H,4-8H2,(H2,18,20,21,22). The quantitative estimate of drug-likeness (QED) is 0.701. The minimum atomic E-state index is -0.393. The zero-order valence-corrected chi connectivity index (χ0v) is 15.3. The van der Waals surface area contributed by atoms with Crippen LogP contribution >= 0.6 is 27.3 Å². The molecule has 3 rings (SSSR count). The highest BCUT2D eigenvalue weighted by molar-refractivity contribution is 9.11. The Morgan fingerprint density at radius 3 is 2.83 bits per heavy atom. The molecule has 2 aromatic rings. The van der Waals surface area contributed by atoms with Crippen molar-refractivity contribution in [3.8, 4) is 5.88 Å². The summed E-state index contributed by atoms with van der Waals surface area (Å²) in [5, 5.41) is 10.4. The molecule has 3 N–H and O–H groups in total. The van der Waals surface area contributed by atoms with Crippen molar-refractivity contribution in [2.24, 2.45) is 5.92 Å². The highest BCUT2D eigenvalue weighted by Gasteiger charge is 2.14. The summed E-state index contributed by atoms with van der Waals surface area (Å²) in [5.41, 5.74) is 0. The zero-order chi connectivity index (χ0) is 16.8. The van der Waals surface area contributed by atoms with Crippen LogP contribution < -0.4 is 20.7 Å². The number of carbonyl (C=O) groups excluding carboxylic acids is 1. The van der Waals surface area contributed by atoms with Crippen LogP contribution in [0.4, 0.5) is 16.4 Å². The third kappa shape index (κ3) is 5.15. The van der Waals surface area contributed by atoms with Gasteiger partial charge in [0.2, 0.25) is 5.88 Å². The van der Waals surface area contributed by atoms with E-state index in [-0.39, 0.29) is 0 Å². The first-order valence-corrected chi connectivity index (χ1v) is 9.36. The van der Waals surface area contributed by atoms with Gasteiger partial charge in [-0.15, -0.1) is 11.3 Å². The Hall–Kier alpha value is -1.71. The molecule has 3 heterocycles. The van der Waals surface area contributed by atoms with Gasteiger partial charge < -0.3 is 10.1 Å². The lowest BCUT2D eigenvalue weighted by Gasteiger charge is -2.22. The Morgan fingerprint density at radius 1 is 1.29 bits per heavy atom. The summed E-state index contributed by atoms with van der Waals surface area (Å²) < 4.78 is 6.47. The Balaban J connectivity index is 1.51. The van der Waals surface area contributed by atoms with Gasteiger partial charge in [0.15, 0.2) is 3.92 Å². The van der Waals surface area contributed by atoms with Gasteiger partial charge in [-0.3, -0.25) is 10.6 Å². The largest absolute Gasteiger partial charge is 0.477 e. The van der Waals surface area contributed by atoms with E-state index in [1.165, 1.54) is 11.3 Å². The minimum absolute atomic E-state index is 0.393. The van der Waals surface area contributed by atoms with E-state index in [9.17, 15) is 4.79 Å². The Morgan fingerprint density at radius 2 is 2.08 bits per heavy atom. The average Bonchev–Trinajstić information content (AvgIpc) is 2.99. The summed E-state index contributed by atoms with van der Waals surface area (Å²) in [4.78, 5) is 20.4. The molecule has 0 saturated carbocycles. The zero-order valence-electron chi connectivity index (χ0n) is 12.9. The number of rotatable bonds is 5. The van der Waals surface area contributed by atoms with Crippen LogP contribution in [0.15, 0.2) is 27.5 Å². The Kier molecular flexibility index (Phi) is 6.00. The summed E-state index contributed by atoms with van der Waals surface area (Å²) in [6, 6.07) is 4.92. The number of hydrogen-bond acceptors (Lipinski definition) is 6. The Labute approximate surface area is 152 Å². The maximum Gasteiger partial charge on any atom is 0.326 e. The predicted octanol–water partition coefficient (Wildman–Crippen LogP) is 3.32. The number of nitrogens with one attached hydrogen (secondary N) is 3. The molecule has 24 heavy (non-hydrogen) atoms. The molecule has 1 aliphatic heterocycles. The van der Waals surface area contributed by atoms with Crippen LogP contribution in [0.2, 0.25) is 0 Å². The van der Waals surface area contributed by atoms with E-state index in [1.54, 1.807) is 23.6 Å². The van der Waals surface area contributed by atoms with Gasteiger partial charge in [-0.2, -0.15) is 4.98 Å². The van der Waals surface area contributed by atoms with E-state index >= 15 is 0 Å². The minimum Gasteiger partial charge on any atom is -0.477 e. The lowest BCUT2D eigenvalue weighted by molar-refractivity contribution is 0.209. The van der Waals surface area contributed by atoms with Crippen molar-refractivity contribution in [2.45, 2.75) is 12.8 Å². The number of carbonyl (C=O) groups is 1. The second-order valence-corrected chi connectivity index (χ2v) is 7.56. The SMILES string of the molecule is O=C(Nc1cccc(OCC2CCNCC2)n1)Nc1csc(Br)n1. The molecule has 9 heteroatoms. The molecule has 1 aliphatic rings. The lowest BCUT2D eigenvalue weighted by Crippen LogP contribution is -2.30. The summed E-state index contributed by atoms with van der Waals surface area (Å²) in [6.45, 7) is 2.73. The van der Waals surface area contributed by atoms with Gasteiger partial charge in [-0.25, -0.2) is 9.78 Å². The van der Waals surface area contributed by atoms with Crippen molar-refractivity contribution >= 4 is 44.9 Å². The van der Waals surface area contributed by atoms with E-state index in [1.807, 2.05) is 0 Å². The molecule has 2 amide bonds. The van der Waals surface area contributed by atoms with Gasteiger partial charge in [-0.1, -0.05) is 6.07 Å². The lowest BCUT2D eigenvalue weighted by atomic mass is 9.99. The van der Waals surface area contributed by atoms with Gasteiger partial charge in [0.05, 0.1) is 6.61 Å². The third-order valence-corrected chi connectivity index (χ3v) is 4.97. The number of nitrogens with zero attached hydrogens (tertiary/aromatic N) is 2. The molecule has 0 radical (unpaired) electrons. The van der Waals surface area contributed by atoms with E-state index in [0.29, 0.717) is 34.0 Å². The average molecular weight is 412 g/mol. The van der Waals surface area contributed by atoms with Crippen molar-refractivity contribution in [1.82, 2.24) is 15.3 Å². The number of thiazole rings is 1. The fraction of sp³-hybridized carbons (Fsp3) is 0.400. The molecular weight excluding hydrogens is 394 g/mol. The first-order valence-electron chi connectivity index (χ1n) is 7.68. The smallest absolute Gasteiger partial charge is 0.326 e. The monoisotopic (exact) mass is 411 g/mol. The number of anilines is 2. The van der Waals surface area contributed by atoms with Gasteiger partial charge in [0, 0.05) is 11.4 Å². The first kappa shape index (κ1) is 17.1. The summed E-state index contributed by atoms with van der Waals surface area (Å²) in [7, 11) is 0. The van der Waals surface area contributed by atoms with Crippen LogP contribution in [-0.4, -0.2) is 35.7 Å². The molecule has 128 valence electrons. The van der Waals surface area contributed by atoms with Gasteiger partial charge >= 0.3 is 6.03 Å². The molecule has 0 unspecified atom stereocenters.